The van der Waals surface area contributed by atoms with Gasteiger partial charge in [-0.1, -0.05) is 6.07 Å². The van der Waals surface area contributed by atoms with Crippen LogP contribution in [-0.4, -0.2) is 49.0 Å². The molecule has 1 aromatic carbocycles. The van der Waals surface area contributed by atoms with Crippen LogP contribution in [0, 0.1) is 6.92 Å². The van der Waals surface area contributed by atoms with Crippen LogP contribution in [0.3, 0.4) is 0 Å². The molecular weight excluding hydrogens is 328 g/mol. The number of rotatable bonds is 8. The summed E-state index contributed by atoms with van der Waals surface area (Å²) in [5.74, 6) is 0.356. The maximum absolute atomic E-state index is 12.0. The van der Waals surface area contributed by atoms with Gasteiger partial charge in [-0.15, -0.1) is 0 Å². The van der Waals surface area contributed by atoms with Gasteiger partial charge in [-0.05, 0) is 31.5 Å². The summed E-state index contributed by atoms with van der Waals surface area (Å²) in [6, 6.07) is 5.18. The van der Waals surface area contributed by atoms with Crippen molar-refractivity contribution in [2.24, 2.45) is 0 Å². The van der Waals surface area contributed by atoms with Gasteiger partial charge in [0.2, 0.25) is 20.0 Å². The fourth-order valence-corrected chi connectivity index (χ4v) is 3.39. The molecule has 1 aromatic rings. The average molecular weight is 350 g/mol. The van der Waals surface area contributed by atoms with Crippen LogP contribution in [0.2, 0.25) is 0 Å². The molecule has 0 fully saturated rings. The molecule has 0 aliphatic rings. The minimum Gasteiger partial charge on any atom is -0.495 e. The number of ether oxygens (including phenoxy) is 1. The van der Waals surface area contributed by atoms with Crippen LogP contribution in [0.25, 0.3) is 0 Å². The van der Waals surface area contributed by atoms with Crippen LogP contribution in [0.15, 0.2) is 18.2 Å². The Morgan fingerprint density at radius 2 is 1.86 bits per heavy atom. The Morgan fingerprint density at radius 1 is 1.23 bits per heavy atom. The Balaban J connectivity index is 3.08. The van der Waals surface area contributed by atoms with Crippen LogP contribution < -0.4 is 13.8 Å². The molecule has 0 saturated carbocycles. The molecule has 0 atom stereocenters. The number of nitrogens with one attached hydrogen (secondary N) is 1. The van der Waals surface area contributed by atoms with Crippen LogP contribution >= 0.6 is 0 Å². The predicted octanol–water partition coefficient (Wildman–Crippen LogP) is 0.709. The molecule has 0 bridgehead atoms. The fraction of sp³-hybridized carbons (Fsp3) is 0.538. The lowest BCUT2D eigenvalue weighted by molar-refractivity contribution is 0.415. The summed E-state index contributed by atoms with van der Waals surface area (Å²) < 4.78 is 55.6. The number of hydrogen-bond acceptors (Lipinski definition) is 5. The standard InChI is InChI=1S/C13H22N2O5S2/c1-5-22(18,19)14-8-9-15(21(4,16)17)12-10-11(2)6-7-13(12)20-3/h6-7,10,14H,5,8-9H2,1-4H3. The van der Waals surface area contributed by atoms with E-state index in [0.29, 0.717) is 11.4 Å². The molecule has 0 radical (unpaired) electrons. The molecule has 0 heterocycles. The highest BCUT2D eigenvalue weighted by molar-refractivity contribution is 7.92. The summed E-state index contributed by atoms with van der Waals surface area (Å²) in [7, 11) is -5.49. The van der Waals surface area contributed by atoms with E-state index < -0.39 is 20.0 Å². The van der Waals surface area contributed by atoms with Crippen LogP contribution in [0.4, 0.5) is 5.69 Å². The van der Waals surface area contributed by atoms with Gasteiger partial charge in [0.25, 0.3) is 0 Å². The number of aryl methyl sites for hydroxylation is 1. The van der Waals surface area contributed by atoms with E-state index in [1.165, 1.54) is 14.0 Å². The largest absolute Gasteiger partial charge is 0.495 e. The molecule has 0 aliphatic carbocycles. The van der Waals surface area contributed by atoms with E-state index in [1.54, 1.807) is 12.1 Å². The maximum Gasteiger partial charge on any atom is 0.232 e. The first-order valence-electron chi connectivity index (χ1n) is 6.70. The smallest absolute Gasteiger partial charge is 0.232 e. The summed E-state index contributed by atoms with van der Waals surface area (Å²) in [6.45, 7) is 3.32. The first kappa shape index (κ1) is 18.7. The molecule has 9 heteroatoms. The molecule has 0 unspecified atom stereocenters. The van der Waals surface area contributed by atoms with Crippen molar-refractivity contribution >= 4 is 25.7 Å². The first-order valence-corrected chi connectivity index (χ1v) is 10.2. The SMILES string of the molecule is CCS(=O)(=O)NCCN(c1cc(C)ccc1OC)S(C)(=O)=O. The highest BCUT2D eigenvalue weighted by atomic mass is 32.2. The second-order valence-corrected chi connectivity index (χ2v) is 8.81. The molecule has 0 aromatic heterocycles. The number of nitrogens with zero attached hydrogens (tertiary/aromatic N) is 1. The van der Waals surface area contributed by atoms with Gasteiger partial charge in [-0.2, -0.15) is 0 Å². The minimum absolute atomic E-state index is 0.0136. The fourth-order valence-electron chi connectivity index (χ4n) is 1.86. The normalized spacial score (nSPS) is 12.2. The topological polar surface area (TPSA) is 92.8 Å². The quantitative estimate of drug-likeness (QED) is 0.745. The molecule has 0 amide bonds. The predicted molar refractivity (Wildman–Crippen MR) is 87.4 cm³/mol. The van der Waals surface area contributed by atoms with Gasteiger partial charge in [-0.3, -0.25) is 4.31 Å². The van der Waals surface area contributed by atoms with Crippen molar-refractivity contribution in [1.82, 2.24) is 4.72 Å². The third kappa shape index (κ3) is 5.15. The average Bonchev–Trinajstić information content (AvgIpc) is 2.42. The van der Waals surface area contributed by atoms with Gasteiger partial charge in [-0.25, -0.2) is 21.6 Å². The summed E-state index contributed by atoms with van der Waals surface area (Å²) >= 11 is 0. The maximum atomic E-state index is 12.0. The van der Waals surface area contributed by atoms with Gasteiger partial charge >= 0.3 is 0 Å². The zero-order valence-corrected chi connectivity index (χ0v) is 14.8. The molecule has 126 valence electrons. The van der Waals surface area contributed by atoms with Crippen LogP contribution in [-0.2, 0) is 20.0 Å². The first-order chi connectivity index (χ1) is 10.1. The van der Waals surface area contributed by atoms with Crippen molar-refractivity contribution < 1.29 is 21.6 Å². The lowest BCUT2D eigenvalue weighted by atomic mass is 10.2. The molecule has 0 saturated heterocycles. The third-order valence-electron chi connectivity index (χ3n) is 3.02. The number of hydrogen-bond donors (Lipinski definition) is 1. The third-order valence-corrected chi connectivity index (χ3v) is 5.60. The molecule has 0 aliphatic heterocycles. The lowest BCUT2D eigenvalue weighted by Crippen LogP contribution is -2.38. The van der Waals surface area contributed by atoms with E-state index >= 15 is 0 Å². The zero-order chi connectivity index (χ0) is 17.0. The van der Waals surface area contributed by atoms with Crippen molar-refractivity contribution in [2.45, 2.75) is 13.8 Å². The summed E-state index contributed by atoms with van der Waals surface area (Å²) in [4.78, 5) is 0. The van der Waals surface area contributed by atoms with Crippen molar-refractivity contribution in [2.75, 3.05) is 36.5 Å². The second-order valence-electron chi connectivity index (χ2n) is 4.81. The molecule has 7 nitrogen and oxygen atoms in total. The minimum atomic E-state index is -3.57. The van der Waals surface area contributed by atoms with E-state index in [0.717, 1.165) is 16.1 Å². The summed E-state index contributed by atoms with van der Waals surface area (Å²) in [5.41, 5.74) is 1.26. The second kappa shape index (κ2) is 7.30. The Morgan fingerprint density at radius 3 is 2.36 bits per heavy atom. The van der Waals surface area contributed by atoms with E-state index in [-0.39, 0.29) is 18.8 Å². The summed E-state index contributed by atoms with van der Waals surface area (Å²) in [6.07, 6.45) is 1.07. The number of benzene rings is 1. The van der Waals surface area contributed by atoms with Gasteiger partial charge in [0.05, 0.1) is 24.8 Å². The number of methoxy groups -OCH3 is 1. The van der Waals surface area contributed by atoms with E-state index in [1.807, 2.05) is 13.0 Å². The summed E-state index contributed by atoms with van der Waals surface area (Å²) in [5, 5.41) is 0. The van der Waals surface area contributed by atoms with Crippen LogP contribution in [0.5, 0.6) is 5.75 Å². The Kier molecular flexibility index (Phi) is 6.21. The highest BCUT2D eigenvalue weighted by Gasteiger charge is 2.21. The molecule has 0 spiro atoms. The van der Waals surface area contributed by atoms with Crippen molar-refractivity contribution in [1.29, 1.82) is 0 Å². The van der Waals surface area contributed by atoms with E-state index in [4.69, 9.17) is 4.74 Å². The number of anilines is 1. The molecule has 1 N–H and O–H groups in total. The Labute approximate surface area is 132 Å². The van der Waals surface area contributed by atoms with Crippen molar-refractivity contribution in [3.8, 4) is 5.75 Å². The van der Waals surface area contributed by atoms with Gasteiger partial charge in [0.15, 0.2) is 0 Å². The van der Waals surface area contributed by atoms with Crippen molar-refractivity contribution in [3.63, 3.8) is 0 Å². The van der Waals surface area contributed by atoms with Gasteiger partial charge < -0.3 is 4.74 Å². The highest BCUT2D eigenvalue weighted by Crippen LogP contribution is 2.30. The zero-order valence-electron chi connectivity index (χ0n) is 13.2. The monoisotopic (exact) mass is 350 g/mol. The van der Waals surface area contributed by atoms with Crippen molar-refractivity contribution in [3.05, 3.63) is 23.8 Å². The van der Waals surface area contributed by atoms with Crippen LogP contribution in [0.1, 0.15) is 12.5 Å². The van der Waals surface area contributed by atoms with E-state index in [2.05, 4.69) is 4.72 Å². The Hall–Kier alpha value is -1.32. The molecular formula is C13H22N2O5S2. The lowest BCUT2D eigenvalue weighted by Gasteiger charge is -2.24. The Bertz CT molecular complexity index is 714. The van der Waals surface area contributed by atoms with Gasteiger partial charge in [0.1, 0.15) is 5.75 Å². The van der Waals surface area contributed by atoms with Gasteiger partial charge in [0, 0.05) is 13.1 Å². The van der Waals surface area contributed by atoms with E-state index in [9.17, 15) is 16.8 Å². The molecule has 1 rings (SSSR count). The number of sulfonamides is 2. The molecule has 22 heavy (non-hydrogen) atoms.